The molecule has 1 N–H and O–H groups in total. The lowest BCUT2D eigenvalue weighted by atomic mass is 9.90. The quantitative estimate of drug-likeness (QED) is 0.339. The second-order valence-corrected chi connectivity index (χ2v) is 8.25. The molecule has 0 aliphatic rings. The van der Waals surface area contributed by atoms with Gasteiger partial charge in [0.2, 0.25) is 0 Å². The fourth-order valence-corrected chi connectivity index (χ4v) is 4.31. The third kappa shape index (κ3) is 4.58. The lowest BCUT2D eigenvalue weighted by Crippen LogP contribution is -2.01. The van der Waals surface area contributed by atoms with Gasteiger partial charge in [0.25, 0.3) is 0 Å². The van der Waals surface area contributed by atoms with Crippen molar-refractivity contribution in [1.29, 1.82) is 0 Å². The number of hydrogen-bond donors (Lipinski definition) is 1. The predicted molar refractivity (Wildman–Crippen MR) is 132 cm³/mol. The number of aryl methyl sites for hydroxylation is 3. The van der Waals surface area contributed by atoms with E-state index in [4.69, 9.17) is 10.1 Å². The molecule has 3 heterocycles. The van der Waals surface area contributed by atoms with Crippen molar-refractivity contribution in [1.82, 2.24) is 19.7 Å². The SMILES string of the molecule is OCCCn1cc2c(CCc3ccccc3)c(-c3ccncc3)c(-c3ccc(F)cc3)nc2n1. The maximum absolute atomic E-state index is 13.7. The van der Waals surface area contributed by atoms with Crippen molar-refractivity contribution < 1.29 is 9.50 Å². The topological polar surface area (TPSA) is 63.8 Å². The lowest BCUT2D eigenvalue weighted by molar-refractivity contribution is 0.277. The summed E-state index contributed by atoms with van der Waals surface area (Å²) in [6.45, 7) is 0.717. The Kier molecular flexibility index (Phi) is 6.40. The highest BCUT2D eigenvalue weighted by atomic mass is 19.1. The Balaban J connectivity index is 1.74. The molecule has 0 atom stereocenters. The highest BCUT2D eigenvalue weighted by Gasteiger charge is 2.20. The average Bonchev–Trinajstić information content (AvgIpc) is 3.30. The fraction of sp³-hybridized carbons (Fsp3) is 0.179. The van der Waals surface area contributed by atoms with Crippen LogP contribution in [-0.4, -0.2) is 31.5 Å². The molecule has 0 radical (unpaired) electrons. The van der Waals surface area contributed by atoms with E-state index in [1.54, 1.807) is 24.5 Å². The third-order valence-electron chi connectivity index (χ3n) is 5.96. The van der Waals surface area contributed by atoms with Crippen LogP contribution in [-0.2, 0) is 19.4 Å². The molecule has 5 nitrogen and oxygen atoms in total. The first kappa shape index (κ1) is 21.9. The molecule has 2 aromatic carbocycles. The van der Waals surface area contributed by atoms with Crippen LogP contribution in [0.5, 0.6) is 0 Å². The number of rotatable bonds is 8. The number of aromatic nitrogens is 4. The summed E-state index contributed by atoms with van der Waals surface area (Å²) in [6, 6.07) is 20.8. The van der Waals surface area contributed by atoms with Crippen molar-refractivity contribution in [3.63, 3.8) is 0 Å². The maximum Gasteiger partial charge on any atom is 0.182 e. The Morgan fingerprint density at radius 3 is 2.35 bits per heavy atom. The molecule has 5 rings (SSSR count). The number of hydrogen-bond acceptors (Lipinski definition) is 4. The normalized spacial score (nSPS) is 11.2. The highest BCUT2D eigenvalue weighted by molar-refractivity contribution is 5.94. The number of fused-ring (bicyclic) bond motifs is 1. The standard InChI is InChI=1S/C28H25FN4O/c29-23-10-8-22(9-11-23)27-26(21-13-15-30-16-14-21)24(12-7-20-5-2-1-3-6-20)25-19-33(17-4-18-34)32-28(25)31-27/h1-3,5-6,8-11,13-16,19,34H,4,7,12,17-18H2. The molecule has 170 valence electrons. The van der Waals surface area contributed by atoms with E-state index in [9.17, 15) is 9.50 Å². The molecule has 0 bridgehead atoms. The number of nitrogens with zero attached hydrogens (tertiary/aromatic N) is 4. The zero-order valence-electron chi connectivity index (χ0n) is 18.7. The highest BCUT2D eigenvalue weighted by Crippen LogP contribution is 2.38. The first-order valence-corrected chi connectivity index (χ1v) is 11.4. The monoisotopic (exact) mass is 452 g/mol. The zero-order chi connectivity index (χ0) is 23.3. The van der Waals surface area contributed by atoms with Gasteiger partial charge < -0.3 is 5.11 Å². The van der Waals surface area contributed by atoms with Crippen LogP contribution in [0, 0.1) is 5.82 Å². The minimum absolute atomic E-state index is 0.105. The summed E-state index contributed by atoms with van der Waals surface area (Å²) in [5, 5.41) is 15.0. The van der Waals surface area contributed by atoms with Crippen molar-refractivity contribution in [3.05, 3.63) is 102 Å². The van der Waals surface area contributed by atoms with Gasteiger partial charge in [0.05, 0.1) is 5.69 Å². The van der Waals surface area contributed by atoms with E-state index in [0.29, 0.717) is 18.6 Å². The number of benzene rings is 2. The average molecular weight is 453 g/mol. The molecular formula is C28H25FN4O. The van der Waals surface area contributed by atoms with Crippen LogP contribution in [0.15, 0.2) is 85.3 Å². The van der Waals surface area contributed by atoms with E-state index < -0.39 is 0 Å². The molecule has 34 heavy (non-hydrogen) atoms. The Morgan fingerprint density at radius 2 is 1.62 bits per heavy atom. The summed E-state index contributed by atoms with van der Waals surface area (Å²) in [5.74, 6) is -0.284. The first-order chi connectivity index (χ1) is 16.7. The van der Waals surface area contributed by atoms with Gasteiger partial charge in [0, 0.05) is 48.3 Å². The van der Waals surface area contributed by atoms with E-state index in [2.05, 4.69) is 29.2 Å². The van der Waals surface area contributed by atoms with Crippen molar-refractivity contribution >= 4 is 11.0 Å². The minimum atomic E-state index is -0.284. The Bertz CT molecular complexity index is 1380. The van der Waals surface area contributed by atoms with E-state index in [1.165, 1.54) is 17.7 Å². The Hall–Kier alpha value is -3.90. The van der Waals surface area contributed by atoms with Crippen LogP contribution in [0.1, 0.15) is 17.5 Å². The third-order valence-corrected chi connectivity index (χ3v) is 5.96. The molecule has 3 aromatic heterocycles. The largest absolute Gasteiger partial charge is 0.396 e. The van der Waals surface area contributed by atoms with E-state index in [-0.39, 0.29) is 12.4 Å². The zero-order valence-corrected chi connectivity index (χ0v) is 18.7. The molecule has 6 heteroatoms. The van der Waals surface area contributed by atoms with Crippen LogP contribution in [0.25, 0.3) is 33.4 Å². The van der Waals surface area contributed by atoms with Crippen LogP contribution < -0.4 is 0 Å². The molecule has 0 saturated heterocycles. The summed E-state index contributed by atoms with van der Waals surface area (Å²) in [5.41, 5.74) is 6.68. The Labute approximate surface area is 197 Å². The van der Waals surface area contributed by atoms with E-state index >= 15 is 0 Å². The molecule has 0 aliphatic carbocycles. The van der Waals surface area contributed by atoms with Crippen LogP contribution in [0.4, 0.5) is 4.39 Å². The van der Waals surface area contributed by atoms with Crippen molar-refractivity contribution in [3.8, 4) is 22.4 Å². The van der Waals surface area contributed by atoms with Gasteiger partial charge in [0.15, 0.2) is 5.65 Å². The summed E-state index contributed by atoms with van der Waals surface area (Å²) < 4.78 is 15.6. The van der Waals surface area contributed by atoms with Gasteiger partial charge in [-0.25, -0.2) is 9.37 Å². The predicted octanol–water partition coefficient (Wildman–Crippen LogP) is 5.47. The summed E-state index contributed by atoms with van der Waals surface area (Å²) in [4.78, 5) is 9.16. The van der Waals surface area contributed by atoms with Crippen molar-refractivity contribution in [2.24, 2.45) is 0 Å². The van der Waals surface area contributed by atoms with E-state index in [1.807, 2.05) is 29.1 Å². The van der Waals surface area contributed by atoms with Gasteiger partial charge in [-0.1, -0.05) is 30.3 Å². The molecule has 0 saturated carbocycles. The second-order valence-electron chi connectivity index (χ2n) is 8.25. The van der Waals surface area contributed by atoms with Gasteiger partial charge in [-0.3, -0.25) is 9.67 Å². The molecular weight excluding hydrogens is 427 g/mol. The van der Waals surface area contributed by atoms with Gasteiger partial charge >= 0.3 is 0 Å². The van der Waals surface area contributed by atoms with Gasteiger partial charge in [-0.05, 0) is 72.4 Å². The fourth-order valence-electron chi connectivity index (χ4n) is 4.31. The summed E-state index contributed by atoms with van der Waals surface area (Å²) in [6.07, 6.45) is 7.86. The molecule has 0 amide bonds. The minimum Gasteiger partial charge on any atom is -0.396 e. The molecule has 5 aromatic rings. The van der Waals surface area contributed by atoms with E-state index in [0.717, 1.165) is 46.2 Å². The lowest BCUT2D eigenvalue weighted by Gasteiger charge is -2.16. The van der Waals surface area contributed by atoms with Crippen molar-refractivity contribution in [2.75, 3.05) is 6.61 Å². The van der Waals surface area contributed by atoms with Gasteiger partial charge in [0.1, 0.15) is 5.82 Å². The summed E-state index contributed by atoms with van der Waals surface area (Å²) >= 11 is 0. The molecule has 0 fully saturated rings. The second kappa shape index (κ2) is 9.93. The maximum atomic E-state index is 13.7. The smallest absolute Gasteiger partial charge is 0.182 e. The first-order valence-electron chi connectivity index (χ1n) is 11.4. The van der Waals surface area contributed by atoms with Gasteiger partial charge in [-0.2, -0.15) is 5.10 Å². The molecule has 0 spiro atoms. The number of pyridine rings is 2. The molecule has 0 unspecified atom stereocenters. The van der Waals surface area contributed by atoms with Crippen LogP contribution >= 0.6 is 0 Å². The number of aliphatic hydroxyl groups excluding tert-OH is 1. The van der Waals surface area contributed by atoms with Crippen LogP contribution in [0.2, 0.25) is 0 Å². The summed E-state index contributed by atoms with van der Waals surface area (Å²) in [7, 11) is 0. The van der Waals surface area contributed by atoms with Crippen LogP contribution in [0.3, 0.4) is 0 Å². The van der Waals surface area contributed by atoms with Gasteiger partial charge in [-0.15, -0.1) is 0 Å². The number of aliphatic hydroxyl groups is 1. The van der Waals surface area contributed by atoms with Crippen molar-refractivity contribution in [2.45, 2.75) is 25.8 Å². The molecule has 0 aliphatic heterocycles. The number of halogens is 1. The Morgan fingerprint density at radius 1 is 0.853 bits per heavy atom.